The maximum Gasteiger partial charge on any atom is 0.0765 e. The number of thioether (sulfide) groups is 4. The summed E-state index contributed by atoms with van der Waals surface area (Å²) in [6, 6.07) is 0. The van der Waals surface area contributed by atoms with E-state index < -0.39 is 18.3 Å². The molecule has 26 heavy (non-hydrogen) atoms. The average Bonchev–Trinajstić information content (AvgIpc) is 2.65. The highest BCUT2D eigenvalue weighted by atomic mass is 35.5. The third-order valence-electron chi connectivity index (χ3n) is 3.30. The van der Waals surface area contributed by atoms with E-state index in [-0.39, 0.29) is 23.1 Å². The monoisotopic (exact) mass is 504 g/mol. The number of alkyl halides is 3. The molecular weight excluding hydrogens is 475 g/mol. The van der Waals surface area contributed by atoms with Gasteiger partial charge in [-0.05, 0) is 5.75 Å². The molecule has 10 heteroatoms. The Bertz CT molecular complexity index is 292. The largest absolute Gasteiger partial charge is 0.391 e. The summed E-state index contributed by atoms with van der Waals surface area (Å²) in [7, 11) is 0. The lowest BCUT2D eigenvalue weighted by atomic mass is 9.99. The summed E-state index contributed by atoms with van der Waals surface area (Å²) in [5, 5.41) is 29.2. The zero-order valence-electron chi connectivity index (χ0n) is 15.1. The Morgan fingerprint density at radius 3 is 1.23 bits per heavy atom. The van der Waals surface area contributed by atoms with Crippen LogP contribution in [0.15, 0.2) is 0 Å². The highest BCUT2D eigenvalue weighted by Gasteiger charge is 2.31. The predicted molar refractivity (Wildman–Crippen MR) is 128 cm³/mol. The molecule has 0 aliphatic carbocycles. The molecule has 0 spiro atoms. The van der Waals surface area contributed by atoms with Gasteiger partial charge in [-0.2, -0.15) is 47.0 Å². The van der Waals surface area contributed by atoms with Crippen molar-refractivity contribution in [1.29, 1.82) is 0 Å². The van der Waals surface area contributed by atoms with Crippen LogP contribution in [0.3, 0.4) is 0 Å². The lowest BCUT2D eigenvalue weighted by Gasteiger charge is -2.34. The molecule has 3 unspecified atom stereocenters. The van der Waals surface area contributed by atoms with Crippen molar-refractivity contribution in [2.24, 2.45) is 5.41 Å². The Balaban J connectivity index is 4.83. The Labute approximate surface area is 190 Å². The molecule has 0 bridgehead atoms. The van der Waals surface area contributed by atoms with Crippen molar-refractivity contribution in [2.75, 3.05) is 63.7 Å². The fourth-order valence-electron chi connectivity index (χ4n) is 1.94. The minimum atomic E-state index is -0.491. The van der Waals surface area contributed by atoms with Crippen molar-refractivity contribution >= 4 is 81.9 Å². The molecule has 0 aliphatic heterocycles. The topological polar surface area (TPSA) is 60.7 Å². The second kappa shape index (κ2) is 18.0. The van der Waals surface area contributed by atoms with Gasteiger partial charge in [-0.1, -0.05) is 6.92 Å². The van der Waals surface area contributed by atoms with Gasteiger partial charge in [-0.3, -0.25) is 0 Å². The number of rotatable bonds is 18. The summed E-state index contributed by atoms with van der Waals surface area (Å²) in [6.07, 6.45) is -1.47. The second-order valence-corrected chi connectivity index (χ2v) is 11.4. The van der Waals surface area contributed by atoms with Crippen LogP contribution in [0.25, 0.3) is 0 Å². The first-order valence-corrected chi connectivity index (χ1v) is 14.7. The molecule has 3 atom stereocenters. The van der Waals surface area contributed by atoms with Crippen molar-refractivity contribution in [3.05, 3.63) is 0 Å². The van der Waals surface area contributed by atoms with E-state index in [9.17, 15) is 15.3 Å². The zero-order valence-corrected chi connectivity index (χ0v) is 20.7. The number of hydrogen-bond donors (Lipinski definition) is 3. The lowest BCUT2D eigenvalue weighted by Crippen LogP contribution is -2.35. The molecule has 3 N–H and O–H groups in total. The van der Waals surface area contributed by atoms with Gasteiger partial charge in [0.2, 0.25) is 0 Å². The molecule has 0 aromatic rings. The molecule has 0 aliphatic rings. The summed E-state index contributed by atoms with van der Waals surface area (Å²) in [5.41, 5.74) is 0.0464. The van der Waals surface area contributed by atoms with Crippen LogP contribution in [0.5, 0.6) is 0 Å². The smallest absolute Gasteiger partial charge is 0.0765 e. The molecule has 0 amide bonds. The normalized spacial score (nSPS) is 17.7. The Morgan fingerprint density at radius 2 is 0.962 bits per heavy atom. The minimum absolute atomic E-state index is 0.0464. The quantitative estimate of drug-likeness (QED) is 0.245. The van der Waals surface area contributed by atoms with E-state index in [2.05, 4.69) is 6.92 Å². The number of hydrogen-bond acceptors (Lipinski definition) is 7. The van der Waals surface area contributed by atoms with Gasteiger partial charge in [-0.15, -0.1) is 34.8 Å². The molecule has 0 aromatic carbocycles. The Hall–Kier alpha value is 2.15. The summed E-state index contributed by atoms with van der Waals surface area (Å²) in [5.74, 6) is 7.35. The van der Waals surface area contributed by atoms with Gasteiger partial charge in [0.25, 0.3) is 0 Å². The van der Waals surface area contributed by atoms with Crippen molar-refractivity contribution in [3.8, 4) is 0 Å². The number of halogens is 3. The van der Waals surface area contributed by atoms with Crippen LogP contribution in [-0.2, 0) is 0 Å². The summed E-state index contributed by atoms with van der Waals surface area (Å²) in [4.78, 5) is 0. The first kappa shape index (κ1) is 28.1. The van der Waals surface area contributed by atoms with Crippen molar-refractivity contribution < 1.29 is 15.3 Å². The van der Waals surface area contributed by atoms with E-state index in [0.717, 1.165) is 28.8 Å². The van der Waals surface area contributed by atoms with E-state index >= 15 is 0 Å². The molecule has 0 heterocycles. The van der Waals surface area contributed by atoms with E-state index in [4.69, 9.17) is 34.8 Å². The van der Waals surface area contributed by atoms with Gasteiger partial charge >= 0.3 is 0 Å². The highest BCUT2D eigenvalue weighted by Crippen LogP contribution is 2.36. The van der Waals surface area contributed by atoms with E-state index in [1.165, 1.54) is 0 Å². The Morgan fingerprint density at radius 1 is 0.654 bits per heavy atom. The van der Waals surface area contributed by atoms with Crippen molar-refractivity contribution in [3.63, 3.8) is 0 Å². The molecule has 0 rings (SSSR count). The predicted octanol–water partition coefficient (Wildman–Crippen LogP) is 3.72. The van der Waals surface area contributed by atoms with Gasteiger partial charge in [0, 0.05) is 63.3 Å². The molecule has 0 fully saturated rings. The molecule has 3 nitrogen and oxygen atoms in total. The van der Waals surface area contributed by atoms with Gasteiger partial charge in [-0.25, -0.2) is 0 Å². The van der Waals surface area contributed by atoms with Gasteiger partial charge in [0.15, 0.2) is 0 Å². The standard InChI is InChI=1S/C16H31Cl3O3S4/c1-2-23-9-16(10-24-6-13(20)3-17,11-25-7-14(21)4-18)12-26-8-15(22)5-19/h13-15,20-22H,2-12H2,1H3. The maximum atomic E-state index is 9.73. The van der Waals surface area contributed by atoms with Crippen molar-refractivity contribution in [1.82, 2.24) is 0 Å². The molecule has 0 saturated heterocycles. The Kier molecular flexibility index (Phi) is 19.4. The minimum Gasteiger partial charge on any atom is -0.391 e. The van der Waals surface area contributed by atoms with Crippen molar-refractivity contribution in [2.45, 2.75) is 25.2 Å². The lowest BCUT2D eigenvalue weighted by molar-refractivity contribution is 0.223. The summed E-state index contributed by atoms with van der Waals surface area (Å²) in [6.45, 7) is 2.15. The third kappa shape index (κ3) is 14.2. The second-order valence-electron chi connectivity index (χ2n) is 6.11. The van der Waals surface area contributed by atoms with Gasteiger partial charge in [0.05, 0.1) is 18.3 Å². The fourth-order valence-corrected chi connectivity index (χ4v) is 8.11. The van der Waals surface area contributed by atoms with Crippen LogP contribution in [0.1, 0.15) is 6.92 Å². The fraction of sp³-hybridized carbons (Fsp3) is 1.00. The maximum absolute atomic E-state index is 9.73. The van der Waals surface area contributed by atoms with Gasteiger partial charge < -0.3 is 15.3 Å². The van der Waals surface area contributed by atoms with Gasteiger partial charge in [0.1, 0.15) is 0 Å². The van der Waals surface area contributed by atoms with Crippen LogP contribution in [0.4, 0.5) is 0 Å². The van der Waals surface area contributed by atoms with E-state index in [1.54, 1.807) is 35.3 Å². The highest BCUT2D eigenvalue weighted by molar-refractivity contribution is 8.02. The summed E-state index contributed by atoms with van der Waals surface area (Å²) >= 11 is 24.2. The SMILES string of the molecule is CCSCC(CSCC(O)CCl)(CSCC(O)CCl)CSCC(O)CCl. The average molecular weight is 506 g/mol. The van der Waals surface area contributed by atoms with Crippen LogP contribution in [-0.4, -0.2) is 97.3 Å². The molecule has 0 saturated carbocycles. The zero-order chi connectivity index (χ0) is 19.8. The van der Waals surface area contributed by atoms with Crippen LogP contribution in [0.2, 0.25) is 0 Å². The van der Waals surface area contributed by atoms with E-state index in [1.807, 2.05) is 11.8 Å². The van der Waals surface area contributed by atoms with Crippen LogP contribution >= 0.6 is 81.9 Å². The first-order chi connectivity index (χ1) is 12.4. The number of aliphatic hydroxyl groups is 3. The third-order valence-corrected chi connectivity index (χ3v) is 9.91. The number of aliphatic hydroxyl groups excluding tert-OH is 3. The summed E-state index contributed by atoms with van der Waals surface area (Å²) < 4.78 is 0. The molecule has 158 valence electrons. The van der Waals surface area contributed by atoms with Crippen LogP contribution < -0.4 is 0 Å². The first-order valence-electron chi connectivity index (χ1n) is 8.46. The molecule has 0 aromatic heterocycles. The molecular formula is C16H31Cl3O3S4. The van der Waals surface area contributed by atoms with Crippen LogP contribution in [0, 0.1) is 5.41 Å². The van der Waals surface area contributed by atoms with E-state index in [0.29, 0.717) is 17.3 Å². The molecule has 0 radical (unpaired) electrons.